The Morgan fingerprint density at radius 1 is 1.26 bits per heavy atom. The van der Waals surface area contributed by atoms with Crippen LogP contribution >= 0.6 is 23.6 Å². The highest BCUT2D eigenvalue weighted by Gasteiger charge is 1.99. The topological polar surface area (TPSA) is 62.4 Å². The van der Waals surface area contributed by atoms with Gasteiger partial charge in [-0.25, -0.2) is 0 Å². The molecule has 23 heavy (non-hydrogen) atoms. The van der Waals surface area contributed by atoms with E-state index in [9.17, 15) is 4.79 Å². The molecule has 1 heterocycles. The van der Waals surface area contributed by atoms with Crippen LogP contribution in [-0.4, -0.2) is 18.1 Å². The number of nitrogens with one attached hydrogen (secondary N) is 3. The molecule has 1 aromatic carbocycles. The molecule has 0 saturated carbocycles. The molecular weight excluding hydrogens is 330 g/mol. The monoisotopic (exact) mass is 347 g/mol. The quantitative estimate of drug-likeness (QED) is 0.441. The number of rotatable bonds is 5. The van der Waals surface area contributed by atoms with Crippen LogP contribution in [0.1, 0.15) is 10.4 Å². The molecule has 3 N–H and O–H groups in total. The number of ether oxygens (including phenoxy) is 1. The third kappa shape index (κ3) is 6.09. The summed E-state index contributed by atoms with van der Waals surface area (Å²) in [6.07, 6.45) is 3.19. The number of hydrogen-bond acceptors (Lipinski definition) is 4. The van der Waals surface area contributed by atoms with Gasteiger partial charge in [-0.3, -0.25) is 15.6 Å². The Balaban J connectivity index is 1.69. The van der Waals surface area contributed by atoms with E-state index in [0.717, 1.165) is 16.2 Å². The van der Waals surface area contributed by atoms with Crippen LogP contribution in [0.5, 0.6) is 5.75 Å². The molecule has 0 unspecified atom stereocenters. The Morgan fingerprint density at radius 2 is 2.04 bits per heavy atom. The van der Waals surface area contributed by atoms with Crippen molar-refractivity contribution in [1.82, 2.24) is 16.2 Å². The molecule has 2 aromatic rings. The highest BCUT2D eigenvalue weighted by molar-refractivity contribution is 7.80. The van der Waals surface area contributed by atoms with E-state index >= 15 is 0 Å². The standard InChI is InChI=1S/C16H17N3O2S2/c1-21-13-6-4-12(5-7-13)11-17-16(22)19-18-15(20)9-8-14-3-2-10-23-14/h2-10H,11H2,1H3,(H,18,20)(H2,17,19,22)/b9-8+. The summed E-state index contributed by atoms with van der Waals surface area (Å²) in [6.45, 7) is 0.552. The SMILES string of the molecule is COc1ccc(CNC(=S)NNC(=O)/C=C/c2cccs2)cc1. The minimum absolute atomic E-state index is 0.271. The van der Waals surface area contributed by atoms with Gasteiger partial charge in [0.15, 0.2) is 5.11 Å². The van der Waals surface area contributed by atoms with Gasteiger partial charge in [0.05, 0.1) is 7.11 Å². The smallest absolute Gasteiger partial charge is 0.262 e. The van der Waals surface area contributed by atoms with Crippen molar-refractivity contribution >= 4 is 40.7 Å². The zero-order valence-electron chi connectivity index (χ0n) is 12.5. The van der Waals surface area contributed by atoms with Crippen LogP contribution in [0.4, 0.5) is 0 Å². The molecule has 120 valence electrons. The number of thiophene rings is 1. The van der Waals surface area contributed by atoms with Gasteiger partial charge in [0.25, 0.3) is 5.91 Å². The van der Waals surface area contributed by atoms with Crippen molar-refractivity contribution < 1.29 is 9.53 Å². The molecule has 0 bridgehead atoms. The zero-order valence-corrected chi connectivity index (χ0v) is 14.2. The highest BCUT2D eigenvalue weighted by atomic mass is 32.1. The number of carbonyl (C=O) groups is 1. The Bertz CT molecular complexity index is 667. The summed E-state index contributed by atoms with van der Waals surface area (Å²) < 4.78 is 5.10. The summed E-state index contributed by atoms with van der Waals surface area (Å²) in [5.74, 6) is 0.534. The van der Waals surface area contributed by atoms with E-state index in [4.69, 9.17) is 17.0 Å². The molecule has 0 radical (unpaired) electrons. The molecule has 0 fully saturated rings. The summed E-state index contributed by atoms with van der Waals surface area (Å²) in [7, 11) is 1.63. The number of amides is 1. The molecular formula is C16H17N3O2S2. The number of methoxy groups -OCH3 is 1. The summed E-state index contributed by atoms with van der Waals surface area (Å²) in [5, 5.41) is 5.30. The van der Waals surface area contributed by atoms with Crippen LogP contribution < -0.4 is 20.9 Å². The molecule has 1 amide bonds. The zero-order chi connectivity index (χ0) is 16.5. The first-order valence-electron chi connectivity index (χ1n) is 6.85. The molecule has 2 rings (SSSR count). The van der Waals surface area contributed by atoms with E-state index in [1.807, 2.05) is 41.8 Å². The summed E-state index contributed by atoms with van der Waals surface area (Å²) in [4.78, 5) is 12.6. The summed E-state index contributed by atoms with van der Waals surface area (Å²) >= 11 is 6.66. The molecule has 5 nitrogen and oxygen atoms in total. The van der Waals surface area contributed by atoms with Crippen LogP contribution in [0.2, 0.25) is 0 Å². The second kappa shape index (κ2) is 8.92. The van der Waals surface area contributed by atoms with Crippen molar-refractivity contribution in [2.45, 2.75) is 6.54 Å². The lowest BCUT2D eigenvalue weighted by molar-refractivity contribution is -0.116. The van der Waals surface area contributed by atoms with Gasteiger partial charge in [-0.05, 0) is 47.4 Å². The number of hydrogen-bond donors (Lipinski definition) is 3. The van der Waals surface area contributed by atoms with E-state index in [2.05, 4.69) is 16.2 Å². The average molecular weight is 347 g/mol. The van der Waals surface area contributed by atoms with Gasteiger partial charge < -0.3 is 10.1 Å². The molecule has 0 spiro atoms. The fraction of sp³-hybridized carbons (Fsp3) is 0.125. The number of benzene rings is 1. The predicted molar refractivity (Wildman–Crippen MR) is 97.1 cm³/mol. The Morgan fingerprint density at radius 3 is 2.70 bits per heavy atom. The first-order valence-corrected chi connectivity index (χ1v) is 8.14. The highest BCUT2D eigenvalue weighted by Crippen LogP contribution is 2.11. The fourth-order valence-electron chi connectivity index (χ4n) is 1.67. The number of thiocarbonyl (C=S) groups is 1. The van der Waals surface area contributed by atoms with Gasteiger partial charge in [0, 0.05) is 17.5 Å². The van der Waals surface area contributed by atoms with Crippen LogP contribution in [0.15, 0.2) is 47.9 Å². The lowest BCUT2D eigenvalue weighted by atomic mass is 10.2. The van der Waals surface area contributed by atoms with E-state index in [1.165, 1.54) is 6.08 Å². The van der Waals surface area contributed by atoms with Crippen LogP contribution in [-0.2, 0) is 11.3 Å². The van der Waals surface area contributed by atoms with E-state index in [1.54, 1.807) is 24.5 Å². The Labute approximate surface area is 144 Å². The minimum Gasteiger partial charge on any atom is -0.497 e. The first kappa shape index (κ1) is 17.0. The fourth-order valence-corrected chi connectivity index (χ4v) is 2.42. The molecule has 0 saturated heterocycles. The minimum atomic E-state index is -0.271. The molecule has 7 heteroatoms. The molecule has 0 aliphatic carbocycles. The van der Waals surface area contributed by atoms with Crippen molar-refractivity contribution in [3.63, 3.8) is 0 Å². The summed E-state index contributed by atoms with van der Waals surface area (Å²) in [6, 6.07) is 11.5. The predicted octanol–water partition coefficient (Wildman–Crippen LogP) is 2.47. The normalized spacial score (nSPS) is 10.3. The van der Waals surface area contributed by atoms with Crippen molar-refractivity contribution in [2.24, 2.45) is 0 Å². The second-order valence-electron chi connectivity index (χ2n) is 4.49. The number of hydrazine groups is 1. The maximum absolute atomic E-state index is 11.6. The maximum Gasteiger partial charge on any atom is 0.262 e. The Hall–Kier alpha value is -2.38. The van der Waals surface area contributed by atoms with E-state index in [0.29, 0.717) is 11.7 Å². The lowest BCUT2D eigenvalue weighted by Gasteiger charge is -2.10. The van der Waals surface area contributed by atoms with Gasteiger partial charge in [-0.2, -0.15) is 0 Å². The van der Waals surface area contributed by atoms with Crippen LogP contribution in [0, 0.1) is 0 Å². The van der Waals surface area contributed by atoms with Crippen molar-refractivity contribution in [3.05, 3.63) is 58.3 Å². The van der Waals surface area contributed by atoms with Crippen molar-refractivity contribution in [2.75, 3.05) is 7.11 Å². The van der Waals surface area contributed by atoms with E-state index in [-0.39, 0.29) is 5.91 Å². The maximum atomic E-state index is 11.6. The Kier molecular flexibility index (Phi) is 6.58. The van der Waals surface area contributed by atoms with Gasteiger partial charge in [0.1, 0.15) is 5.75 Å². The molecule has 0 aliphatic heterocycles. The van der Waals surface area contributed by atoms with Crippen molar-refractivity contribution in [1.29, 1.82) is 0 Å². The third-order valence-corrected chi connectivity index (χ3v) is 3.94. The van der Waals surface area contributed by atoms with E-state index < -0.39 is 0 Å². The molecule has 0 aliphatic rings. The summed E-state index contributed by atoms with van der Waals surface area (Å²) in [5.41, 5.74) is 6.21. The van der Waals surface area contributed by atoms with Gasteiger partial charge >= 0.3 is 0 Å². The van der Waals surface area contributed by atoms with Gasteiger partial charge in [-0.15, -0.1) is 11.3 Å². The molecule has 0 atom stereocenters. The van der Waals surface area contributed by atoms with Gasteiger partial charge in [0.2, 0.25) is 0 Å². The molecule has 1 aromatic heterocycles. The van der Waals surface area contributed by atoms with Crippen LogP contribution in [0.3, 0.4) is 0 Å². The lowest BCUT2D eigenvalue weighted by Crippen LogP contribution is -2.45. The second-order valence-corrected chi connectivity index (χ2v) is 5.88. The third-order valence-electron chi connectivity index (χ3n) is 2.85. The van der Waals surface area contributed by atoms with Crippen molar-refractivity contribution in [3.8, 4) is 5.75 Å². The van der Waals surface area contributed by atoms with Gasteiger partial charge in [-0.1, -0.05) is 18.2 Å². The first-order chi connectivity index (χ1) is 11.2. The average Bonchev–Trinajstić information content (AvgIpc) is 3.10. The largest absolute Gasteiger partial charge is 0.497 e. The van der Waals surface area contributed by atoms with Crippen LogP contribution in [0.25, 0.3) is 6.08 Å². The number of carbonyl (C=O) groups excluding carboxylic acids is 1.